The molecule has 0 radical (unpaired) electrons. The van der Waals surface area contributed by atoms with Gasteiger partial charge < -0.3 is 15.5 Å². The van der Waals surface area contributed by atoms with Gasteiger partial charge in [0.25, 0.3) is 0 Å². The van der Waals surface area contributed by atoms with E-state index in [1.165, 1.54) is 24.1 Å². The summed E-state index contributed by atoms with van der Waals surface area (Å²) in [6, 6.07) is 9.09. The van der Waals surface area contributed by atoms with E-state index in [0.717, 1.165) is 19.6 Å². The second-order valence-electron chi connectivity index (χ2n) is 5.06. The molecule has 1 aliphatic heterocycles. The number of hydrogen-bond donors (Lipinski definition) is 2. The Morgan fingerprint density at radius 2 is 2.17 bits per heavy atom. The summed E-state index contributed by atoms with van der Waals surface area (Å²) in [5.74, 6) is 0.117. The molecule has 2 aliphatic rings. The zero-order chi connectivity index (χ0) is 12.4. The average molecular weight is 245 g/mol. The SMILES string of the molecule is O=C1CN(c2ccccc2CNC2CC2)CCN1. The van der Waals surface area contributed by atoms with Crippen molar-refractivity contribution in [3.63, 3.8) is 0 Å². The summed E-state index contributed by atoms with van der Waals surface area (Å²) in [7, 11) is 0. The summed E-state index contributed by atoms with van der Waals surface area (Å²) in [6.07, 6.45) is 2.60. The predicted molar refractivity (Wildman–Crippen MR) is 71.5 cm³/mol. The second kappa shape index (κ2) is 4.98. The standard InChI is InChI=1S/C14H19N3O/c18-14-10-17(8-7-15-14)13-4-2-1-3-11(13)9-16-12-5-6-12/h1-4,12,16H,5-10H2,(H,15,18). The molecular formula is C14H19N3O. The van der Waals surface area contributed by atoms with Gasteiger partial charge in [0.15, 0.2) is 0 Å². The Labute approximate surface area is 107 Å². The number of carbonyl (C=O) groups is 1. The summed E-state index contributed by atoms with van der Waals surface area (Å²) in [6.45, 7) is 3.01. The van der Waals surface area contributed by atoms with Crippen molar-refractivity contribution in [2.24, 2.45) is 0 Å². The number of anilines is 1. The molecule has 2 fully saturated rings. The number of piperazine rings is 1. The van der Waals surface area contributed by atoms with E-state index < -0.39 is 0 Å². The van der Waals surface area contributed by atoms with E-state index >= 15 is 0 Å². The minimum absolute atomic E-state index is 0.117. The van der Waals surface area contributed by atoms with E-state index in [1.54, 1.807) is 0 Å². The highest BCUT2D eigenvalue weighted by molar-refractivity contribution is 5.83. The summed E-state index contributed by atoms with van der Waals surface area (Å²) in [5, 5.41) is 6.40. The van der Waals surface area contributed by atoms with Crippen molar-refractivity contribution in [3.8, 4) is 0 Å². The van der Waals surface area contributed by atoms with Gasteiger partial charge in [-0.1, -0.05) is 18.2 Å². The molecule has 1 aromatic rings. The molecule has 4 heteroatoms. The Morgan fingerprint density at radius 3 is 2.94 bits per heavy atom. The van der Waals surface area contributed by atoms with E-state index in [2.05, 4.69) is 33.7 Å². The number of nitrogens with zero attached hydrogens (tertiary/aromatic N) is 1. The molecule has 1 saturated carbocycles. The number of rotatable bonds is 4. The van der Waals surface area contributed by atoms with Gasteiger partial charge in [-0.3, -0.25) is 4.79 Å². The fourth-order valence-corrected chi connectivity index (χ4v) is 2.35. The summed E-state index contributed by atoms with van der Waals surface area (Å²) in [4.78, 5) is 13.6. The maximum atomic E-state index is 11.5. The molecule has 96 valence electrons. The van der Waals surface area contributed by atoms with Crippen LogP contribution in [0.1, 0.15) is 18.4 Å². The van der Waals surface area contributed by atoms with Crippen LogP contribution in [0.5, 0.6) is 0 Å². The lowest BCUT2D eigenvalue weighted by Crippen LogP contribution is -2.48. The van der Waals surface area contributed by atoms with Crippen LogP contribution in [0.25, 0.3) is 0 Å². The van der Waals surface area contributed by atoms with E-state index in [1.807, 2.05) is 6.07 Å². The topological polar surface area (TPSA) is 44.4 Å². The maximum Gasteiger partial charge on any atom is 0.239 e. The molecule has 3 rings (SSSR count). The summed E-state index contributed by atoms with van der Waals surface area (Å²) < 4.78 is 0. The van der Waals surface area contributed by atoms with Crippen LogP contribution in [-0.4, -0.2) is 31.6 Å². The molecular weight excluding hydrogens is 226 g/mol. The van der Waals surface area contributed by atoms with Crippen molar-refractivity contribution >= 4 is 11.6 Å². The number of benzene rings is 1. The Bertz CT molecular complexity index is 442. The number of nitrogens with one attached hydrogen (secondary N) is 2. The first kappa shape index (κ1) is 11.5. The molecule has 0 spiro atoms. The lowest BCUT2D eigenvalue weighted by molar-refractivity contribution is -0.120. The zero-order valence-corrected chi connectivity index (χ0v) is 10.5. The molecule has 0 bridgehead atoms. The van der Waals surface area contributed by atoms with E-state index in [9.17, 15) is 4.79 Å². The van der Waals surface area contributed by atoms with Gasteiger partial charge >= 0.3 is 0 Å². The van der Waals surface area contributed by atoms with Crippen LogP contribution in [0.15, 0.2) is 24.3 Å². The lowest BCUT2D eigenvalue weighted by atomic mass is 10.1. The van der Waals surface area contributed by atoms with Gasteiger partial charge in [-0.2, -0.15) is 0 Å². The van der Waals surface area contributed by atoms with Gasteiger partial charge in [0.05, 0.1) is 6.54 Å². The molecule has 1 saturated heterocycles. The van der Waals surface area contributed by atoms with Gasteiger partial charge in [-0.15, -0.1) is 0 Å². The fraction of sp³-hybridized carbons (Fsp3) is 0.500. The number of hydrogen-bond acceptors (Lipinski definition) is 3. The fourth-order valence-electron chi connectivity index (χ4n) is 2.35. The molecule has 1 aliphatic carbocycles. The minimum Gasteiger partial charge on any atom is -0.360 e. The van der Waals surface area contributed by atoms with Gasteiger partial charge in [0.2, 0.25) is 5.91 Å². The molecule has 2 N–H and O–H groups in total. The zero-order valence-electron chi connectivity index (χ0n) is 10.5. The van der Waals surface area contributed by atoms with E-state index in [0.29, 0.717) is 12.6 Å². The third-order valence-electron chi connectivity index (χ3n) is 3.53. The first-order valence-electron chi connectivity index (χ1n) is 6.66. The molecule has 4 nitrogen and oxygen atoms in total. The predicted octanol–water partition coefficient (Wildman–Crippen LogP) is 0.875. The number of amides is 1. The molecule has 0 atom stereocenters. The highest BCUT2D eigenvalue weighted by atomic mass is 16.2. The third kappa shape index (κ3) is 2.64. The lowest BCUT2D eigenvalue weighted by Gasteiger charge is -2.30. The monoisotopic (exact) mass is 245 g/mol. The molecule has 1 aromatic carbocycles. The normalized spacial score (nSPS) is 19.8. The van der Waals surface area contributed by atoms with Crippen molar-refractivity contribution in [1.29, 1.82) is 0 Å². The van der Waals surface area contributed by atoms with Gasteiger partial charge in [0.1, 0.15) is 0 Å². The van der Waals surface area contributed by atoms with E-state index in [4.69, 9.17) is 0 Å². The number of para-hydroxylation sites is 1. The quantitative estimate of drug-likeness (QED) is 0.827. The summed E-state index contributed by atoms with van der Waals surface area (Å²) >= 11 is 0. The van der Waals surface area contributed by atoms with Crippen LogP contribution in [-0.2, 0) is 11.3 Å². The highest BCUT2D eigenvalue weighted by Gasteiger charge is 2.22. The van der Waals surface area contributed by atoms with Crippen LogP contribution in [0.3, 0.4) is 0 Å². The largest absolute Gasteiger partial charge is 0.360 e. The molecule has 0 unspecified atom stereocenters. The first-order chi connectivity index (χ1) is 8.83. The van der Waals surface area contributed by atoms with Gasteiger partial charge in [-0.05, 0) is 24.5 Å². The van der Waals surface area contributed by atoms with Crippen molar-refractivity contribution < 1.29 is 4.79 Å². The Morgan fingerprint density at radius 1 is 1.33 bits per heavy atom. The molecule has 1 heterocycles. The van der Waals surface area contributed by atoms with Crippen LogP contribution in [0, 0.1) is 0 Å². The van der Waals surface area contributed by atoms with Crippen molar-refractivity contribution in [3.05, 3.63) is 29.8 Å². The Kier molecular flexibility index (Phi) is 3.19. The van der Waals surface area contributed by atoms with Crippen LogP contribution >= 0.6 is 0 Å². The minimum atomic E-state index is 0.117. The average Bonchev–Trinajstić information content (AvgIpc) is 3.21. The van der Waals surface area contributed by atoms with Crippen molar-refractivity contribution in [2.75, 3.05) is 24.5 Å². The molecule has 1 amide bonds. The smallest absolute Gasteiger partial charge is 0.239 e. The number of carbonyl (C=O) groups excluding carboxylic acids is 1. The van der Waals surface area contributed by atoms with E-state index in [-0.39, 0.29) is 5.91 Å². The van der Waals surface area contributed by atoms with Gasteiger partial charge in [-0.25, -0.2) is 0 Å². The van der Waals surface area contributed by atoms with Gasteiger partial charge in [0, 0.05) is 31.4 Å². The second-order valence-corrected chi connectivity index (χ2v) is 5.06. The van der Waals surface area contributed by atoms with Crippen molar-refractivity contribution in [1.82, 2.24) is 10.6 Å². The van der Waals surface area contributed by atoms with Crippen LogP contribution in [0.4, 0.5) is 5.69 Å². The maximum absolute atomic E-state index is 11.5. The first-order valence-corrected chi connectivity index (χ1v) is 6.66. The summed E-state index contributed by atoms with van der Waals surface area (Å²) in [5.41, 5.74) is 2.49. The third-order valence-corrected chi connectivity index (χ3v) is 3.53. The highest BCUT2D eigenvalue weighted by Crippen LogP contribution is 2.23. The van der Waals surface area contributed by atoms with Crippen LogP contribution in [0.2, 0.25) is 0 Å². The van der Waals surface area contributed by atoms with Crippen LogP contribution < -0.4 is 15.5 Å². The molecule has 0 aromatic heterocycles. The Hall–Kier alpha value is -1.55. The Balaban J connectivity index is 1.74. The van der Waals surface area contributed by atoms with Crippen molar-refractivity contribution in [2.45, 2.75) is 25.4 Å². The molecule has 18 heavy (non-hydrogen) atoms.